The van der Waals surface area contributed by atoms with Gasteiger partial charge in [-0.15, -0.1) is 0 Å². The van der Waals surface area contributed by atoms with E-state index in [0.29, 0.717) is 0 Å². The van der Waals surface area contributed by atoms with Gasteiger partial charge in [0.1, 0.15) is 0 Å². The molecule has 0 bridgehead atoms. The van der Waals surface area contributed by atoms with Crippen LogP contribution >= 0.6 is 22.6 Å². The monoisotopic (exact) mass is 339 g/mol. The number of allylic oxidation sites excluding steroid dienone is 4. The van der Waals surface area contributed by atoms with Crippen LogP contribution < -0.4 is 5.73 Å². The van der Waals surface area contributed by atoms with Gasteiger partial charge in [-0.1, -0.05) is 66.0 Å². The van der Waals surface area contributed by atoms with Crippen LogP contribution in [0, 0.1) is 5.41 Å². The Labute approximate surface area is 117 Å². The SMILES string of the molecule is CC1([C@@](C)(I)c2ccc(N)cc2)C=CC=CC1. The van der Waals surface area contributed by atoms with E-state index in [2.05, 4.69) is 72.9 Å². The molecule has 0 saturated heterocycles. The lowest BCUT2D eigenvalue weighted by molar-refractivity contribution is 0.338. The van der Waals surface area contributed by atoms with Crippen LogP contribution in [0.1, 0.15) is 25.8 Å². The number of hydrogen-bond acceptors (Lipinski definition) is 1. The van der Waals surface area contributed by atoms with Crippen molar-refractivity contribution < 1.29 is 0 Å². The maximum absolute atomic E-state index is 5.75. The van der Waals surface area contributed by atoms with E-state index in [1.165, 1.54) is 5.56 Å². The summed E-state index contributed by atoms with van der Waals surface area (Å²) in [6.45, 7) is 4.61. The minimum Gasteiger partial charge on any atom is -0.399 e. The number of hydrogen-bond donors (Lipinski definition) is 1. The molecule has 1 aliphatic rings. The van der Waals surface area contributed by atoms with Crippen LogP contribution in [0.15, 0.2) is 48.6 Å². The molecule has 0 aromatic heterocycles. The van der Waals surface area contributed by atoms with Gasteiger partial charge in [0.05, 0.1) is 3.42 Å². The van der Waals surface area contributed by atoms with E-state index in [-0.39, 0.29) is 8.84 Å². The first-order chi connectivity index (χ1) is 7.96. The first-order valence-electron chi connectivity index (χ1n) is 5.85. The van der Waals surface area contributed by atoms with Gasteiger partial charge in [0.2, 0.25) is 0 Å². The third kappa shape index (κ3) is 2.28. The predicted molar refractivity (Wildman–Crippen MR) is 83.2 cm³/mol. The highest BCUT2D eigenvalue weighted by Crippen LogP contribution is 2.51. The quantitative estimate of drug-likeness (QED) is 0.481. The molecule has 2 heteroatoms. The van der Waals surface area contributed by atoms with Gasteiger partial charge in [-0.05, 0) is 31.0 Å². The molecule has 2 atom stereocenters. The highest BCUT2D eigenvalue weighted by atomic mass is 127. The van der Waals surface area contributed by atoms with E-state index in [9.17, 15) is 0 Å². The maximum atomic E-state index is 5.75. The lowest BCUT2D eigenvalue weighted by Gasteiger charge is -2.41. The third-order valence-electron chi connectivity index (χ3n) is 3.78. The van der Waals surface area contributed by atoms with Crippen molar-refractivity contribution in [2.75, 3.05) is 5.73 Å². The van der Waals surface area contributed by atoms with Gasteiger partial charge in [-0.3, -0.25) is 0 Å². The van der Waals surface area contributed by atoms with Crippen LogP contribution in [0.5, 0.6) is 0 Å². The Kier molecular flexibility index (Phi) is 3.34. The summed E-state index contributed by atoms with van der Waals surface area (Å²) in [4.78, 5) is 0. The van der Waals surface area contributed by atoms with E-state index >= 15 is 0 Å². The summed E-state index contributed by atoms with van der Waals surface area (Å²) in [5.41, 5.74) is 8.06. The second-order valence-corrected chi connectivity index (χ2v) is 7.19. The summed E-state index contributed by atoms with van der Waals surface area (Å²) >= 11 is 2.56. The predicted octanol–water partition coefficient (Wildman–Crippen LogP) is 4.44. The van der Waals surface area contributed by atoms with Crippen LogP contribution in [0.3, 0.4) is 0 Å². The molecule has 0 radical (unpaired) electrons. The van der Waals surface area contributed by atoms with Crippen LogP contribution in [-0.2, 0) is 3.42 Å². The fraction of sp³-hybridized carbons (Fsp3) is 0.333. The number of halogens is 1. The van der Waals surface area contributed by atoms with E-state index in [4.69, 9.17) is 5.73 Å². The highest BCUT2D eigenvalue weighted by molar-refractivity contribution is 14.1. The lowest BCUT2D eigenvalue weighted by Crippen LogP contribution is -2.35. The summed E-state index contributed by atoms with van der Waals surface area (Å²) in [7, 11) is 0. The zero-order valence-electron chi connectivity index (χ0n) is 10.3. The van der Waals surface area contributed by atoms with E-state index in [1.807, 2.05) is 12.1 Å². The van der Waals surface area contributed by atoms with Crippen molar-refractivity contribution in [3.05, 3.63) is 54.1 Å². The molecule has 1 aromatic carbocycles. The molecule has 0 fully saturated rings. The molecule has 1 aromatic rings. The second kappa shape index (κ2) is 4.48. The Hall–Kier alpha value is -0.770. The average molecular weight is 339 g/mol. The molecule has 0 heterocycles. The van der Waals surface area contributed by atoms with Crippen LogP contribution in [0.2, 0.25) is 0 Å². The zero-order chi connectivity index (χ0) is 12.5. The van der Waals surface area contributed by atoms with Crippen molar-refractivity contribution >= 4 is 28.3 Å². The molecule has 1 unspecified atom stereocenters. The van der Waals surface area contributed by atoms with E-state index in [1.54, 1.807) is 0 Å². The standard InChI is InChI=1S/C15H18IN/c1-14(10-4-3-5-11-14)15(2,16)12-6-8-13(17)9-7-12/h3-10H,11,17H2,1-2H3/t14?,15-/m0/s1. The normalized spacial score (nSPS) is 26.8. The van der Waals surface area contributed by atoms with Crippen LogP contribution in [0.25, 0.3) is 0 Å². The van der Waals surface area contributed by atoms with Crippen molar-refractivity contribution in [3.63, 3.8) is 0 Å². The molecule has 1 nitrogen and oxygen atoms in total. The van der Waals surface area contributed by atoms with Crippen molar-refractivity contribution in [1.29, 1.82) is 0 Å². The summed E-state index contributed by atoms with van der Waals surface area (Å²) in [6.07, 6.45) is 9.91. The van der Waals surface area contributed by atoms with Gasteiger partial charge < -0.3 is 5.73 Å². The van der Waals surface area contributed by atoms with Gasteiger partial charge in [-0.2, -0.15) is 0 Å². The van der Waals surface area contributed by atoms with Crippen LogP contribution in [0.4, 0.5) is 5.69 Å². The summed E-state index contributed by atoms with van der Waals surface area (Å²) in [5.74, 6) is 0. The van der Waals surface area contributed by atoms with Crippen LogP contribution in [-0.4, -0.2) is 0 Å². The lowest BCUT2D eigenvalue weighted by atomic mass is 9.70. The molecular formula is C15H18IN. The third-order valence-corrected chi connectivity index (χ3v) is 5.63. The van der Waals surface area contributed by atoms with Crippen molar-refractivity contribution in [3.8, 4) is 0 Å². The molecule has 0 aliphatic heterocycles. The van der Waals surface area contributed by atoms with Crippen molar-refractivity contribution in [2.45, 2.75) is 23.7 Å². The van der Waals surface area contributed by atoms with E-state index < -0.39 is 0 Å². The van der Waals surface area contributed by atoms with Crippen molar-refractivity contribution in [2.24, 2.45) is 5.41 Å². The number of nitrogen functional groups attached to an aromatic ring is 1. The minimum atomic E-state index is 0.0692. The van der Waals surface area contributed by atoms with Gasteiger partial charge in [-0.25, -0.2) is 0 Å². The summed E-state index contributed by atoms with van der Waals surface area (Å²) in [5, 5.41) is 0. The zero-order valence-corrected chi connectivity index (χ0v) is 12.4. The topological polar surface area (TPSA) is 26.0 Å². The minimum absolute atomic E-state index is 0.0692. The number of benzene rings is 1. The Morgan fingerprint density at radius 2 is 1.88 bits per heavy atom. The summed E-state index contributed by atoms with van der Waals surface area (Å²) in [6, 6.07) is 8.24. The second-order valence-electron chi connectivity index (χ2n) is 5.03. The van der Waals surface area contributed by atoms with Crippen molar-refractivity contribution in [1.82, 2.24) is 0 Å². The first-order valence-corrected chi connectivity index (χ1v) is 6.93. The smallest absolute Gasteiger partial charge is 0.0533 e. The molecule has 0 amide bonds. The molecule has 17 heavy (non-hydrogen) atoms. The highest BCUT2D eigenvalue weighted by Gasteiger charge is 2.41. The van der Waals surface area contributed by atoms with Gasteiger partial charge in [0, 0.05) is 11.1 Å². The molecule has 0 spiro atoms. The largest absolute Gasteiger partial charge is 0.399 e. The van der Waals surface area contributed by atoms with E-state index in [0.717, 1.165) is 12.1 Å². The molecular weight excluding hydrogens is 321 g/mol. The molecule has 2 rings (SSSR count). The number of anilines is 1. The number of nitrogens with two attached hydrogens (primary N) is 1. The average Bonchev–Trinajstić information content (AvgIpc) is 2.30. The van der Waals surface area contributed by atoms with Gasteiger partial charge >= 0.3 is 0 Å². The fourth-order valence-corrected chi connectivity index (χ4v) is 2.96. The number of rotatable bonds is 2. The van der Waals surface area contributed by atoms with Gasteiger partial charge in [0.25, 0.3) is 0 Å². The molecule has 1 aliphatic carbocycles. The Bertz CT molecular complexity index is 456. The Balaban J connectivity index is 2.38. The Morgan fingerprint density at radius 3 is 2.41 bits per heavy atom. The molecule has 0 saturated carbocycles. The first kappa shape index (κ1) is 12.7. The summed E-state index contributed by atoms with van der Waals surface area (Å²) < 4.78 is 0.0692. The van der Waals surface area contributed by atoms with Gasteiger partial charge in [0.15, 0.2) is 0 Å². The Morgan fingerprint density at radius 1 is 1.24 bits per heavy atom. The number of alkyl halides is 1. The molecule has 2 N–H and O–H groups in total. The fourth-order valence-electron chi connectivity index (χ4n) is 2.20. The maximum Gasteiger partial charge on any atom is 0.0533 e. The molecule has 90 valence electrons.